The van der Waals surface area contributed by atoms with E-state index in [0.29, 0.717) is 28.4 Å². The van der Waals surface area contributed by atoms with Crippen LogP contribution >= 0.6 is 11.3 Å². The highest BCUT2D eigenvalue weighted by Crippen LogP contribution is 2.31. The van der Waals surface area contributed by atoms with Crippen LogP contribution in [-0.2, 0) is 14.6 Å². The Kier molecular flexibility index (Phi) is 7.22. The molecule has 1 aromatic heterocycles. The van der Waals surface area contributed by atoms with Crippen molar-refractivity contribution in [3.05, 3.63) is 58.1 Å². The van der Waals surface area contributed by atoms with Gasteiger partial charge in [0.15, 0.2) is 15.0 Å². The number of carbonyl (C=O) groups is 1. The molecule has 0 atom stereocenters. The maximum absolute atomic E-state index is 13.0. The Balaban J connectivity index is 1.83. The lowest BCUT2D eigenvalue weighted by Gasteiger charge is -2.22. The van der Waals surface area contributed by atoms with E-state index < -0.39 is 14.8 Å². The smallest absolute Gasteiger partial charge is 0.270 e. The van der Waals surface area contributed by atoms with Crippen LogP contribution in [0.3, 0.4) is 0 Å². The molecule has 170 valence electrons. The van der Waals surface area contributed by atoms with Crippen LogP contribution in [0, 0.1) is 17.0 Å². The highest BCUT2D eigenvalue weighted by atomic mass is 32.2. The molecule has 1 heterocycles. The molecule has 1 amide bonds. The van der Waals surface area contributed by atoms with Crippen molar-refractivity contribution in [3.63, 3.8) is 0 Å². The molecule has 0 aliphatic carbocycles. The maximum Gasteiger partial charge on any atom is 0.270 e. The normalized spacial score (nSPS) is 11.8. The highest BCUT2D eigenvalue weighted by Gasteiger charge is 2.24. The number of nitrogens with zero attached hydrogens (tertiary/aromatic N) is 4. The van der Waals surface area contributed by atoms with Gasteiger partial charge in [-0.15, -0.1) is 0 Å². The summed E-state index contributed by atoms with van der Waals surface area (Å²) in [5.41, 5.74) is 1.44. The van der Waals surface area contributed by atoms with Crippen molar-refractivity contribution in [1.29, 1.82) is 0 Å². The predicted octanol–water partition coefficient (Wildman–Crippen LogP) is 3.27. The molecular formula is C21H24N4O5S2. The summed E-state index contributed by atoms with van der Waals surface area (Å²) in [5, 5.41) is 11.4. The van der Waals surface area contributed by atoms with Gasteiger partial charge in [-0.2, -0.15) is 0 Å². The number of thiazole rings is 1. The number of nitro benzene ring substituents is 1. The van der Waals surface area contributed by atoms with Gasteiger partial charge >= 0.3 is 0 Å². The Labute approximate surface area is 190 Å². The lowest BCUT2D eigenvalue weighted by atomic mass is 10.2. The average Bonchev–Trinajstić information content (AvgIpc) is 3.15. The number of fused-ring (bicyclic) bond motifs is 1. The molecule has 32 heavy (non-hydrogen) atoms. The molecule has 0 unspecified atom stereocenters. The highest BCUT2D eigenvalue weighted by molar-refractivity contribution is 7.91. The number of aromatic nitrogens is 1. The number of likely N-dealkylation sites (N-methyl/N-ethyl adjacent to an activating group) is 1. The van der Waals surface area contributed by atoms with Crippen LogP contribution in [0.15, 0.2) is 47.4 Å². The monoisotopic (exact) mass is 476 g/mol. The second kappa shape index (κ2) is 9.72. The Morgan fingerprint density at radius 3 is 2.44 bits per heavy atom. The summed E-state index contributed by atoms with van der Waals surface area (Å²) in [5.74, 6) is -0.680. The fourth-order valence-corrected chi connectivity index (χ4v) is 5.25. The quantitative estimate of drug-likeness (QED) is 0.344. The van der Waals surface area contributed by atoms with Crippen LogP contribution in [0.1, 0.15) is 12.0 Å². The largest absolute Gasteiger partial charge is 0.308 e. The Bertz CT molecular complexity index is 1240. The number of nitro groups is 1. The first-order valence-electron chi connectivity index (χ1n) is 9.86. The number of sulfone groups is 1. The maximum atomic E-state index is 13.0. The van der Waals surface area contributed by atoms with Gasteiger partial charge in [0.25, 0.3) is 5.69 Å². The summed E-state index contributed by atoms with van der Waals surface area (Å²) < 4.78 is 25.9. The van der Waals surface area contributed by atoms with Crippen molar-refractivity contribution in [2.45, 2.75) is 18.2 Å². The van der Waals surface area contributed by atoms with Crippen LogP contribution in [0.5, 0.6) is 0 Å². The van der Waals surface area contributed by atoms with Crippen molar-refractivity contribution in [3.8, 4) is 0 Å². The third-order valence-electron chi connectivity index (χ3n) is 4.84. The van der Waals surface area contributed by atoms with E-state index in [1.807, 2.05) is 25.9 Å². The summed E-state index contributed by atoms with van der Waals surface area (Å²) in [4.78, 5) is 31.6. The lowest BCUT2D eigenvalue weighted by molar-refractivity contribution is -0.384. The average molecular weight is 477 g/mol. The number of hydrogen-bond acceptors (Lipinski definition) is 8. The van der Waals surface area contributed by atoms with Gasteiger partial charge in [-0.25, -0.2) is 13.4 Å². The standard InChI is InChI=1S/C21H24N4O5S2/c1-15-4-7-17(8-5-15)32(29,30)13-10-20(26)24(12-11-23(2)3)21-22-18-9-6-16(25(27)28)14-19(18)31-21/h4-9,14H,10-13H2,1-3H3. The predicted molar refractivity (Wildman–Crippen MR) is 125 cm³/mol. The number of hydrogen-bond donors (Lipinski definition) is 0. The number of carbonyl (C=O) groups excluding carboxylic acids is 1. The molecule has 9 nitrogen and oxygen atoms in total. The number of anilines is 1. The molecule has 0 spiro atoms. The van der Waals surface area contributed by atoms with Crippen LogP contribution in [0.25, 0.3) is 10.2 Å². The second-order valence-electron chi connectivity index (χ2n) is 7.64. The minimum atomic E-state index is -3.61. The van der Waals surface area contributed by atoms with Gasteiger partial charge in [0, 0.05) is 31.6 Å². The molecule has 3 rings (SSSR count). The summed E-state index contributed by atoms with van der Waals surface area (Å²) in [6, 6.07) is 10.9. The minimum absolute atomic E-state index is 0.0527. The summed E-state index contributed by atoms with van der Waals surface area (Å²) in [7, 11) is 0.126. The van der Waals surface area contributed by atoms with Crippen LogP contribution < -0.4 is 4.90 Å². The molecule has 0 N–H and O–H groups in total. The van der Waals surface area contributed by atoms with E-state index in [9.17, 15) is 23.3 Å². The SMILES string of the molecule is Cc1ccc(S(=O)(=O)CCC(=O)N(CCN(C)C)c2nc3ccc([N+](=O)[O-])cc3s2)cc1. The molecule has 0 aliphatic rings. The zero-order chi connectivity index (χ0) is 23.5. The topological polar surface area (TPSA) is 114 Å². The third kappa shape index (κ3) is 5.67. The summed E-state index contributed by atoms with van der Waals surface area (Å²) >= 11 is 1.17. The molecule has 11 heteroatoms. The Morgan fingerprint density at radius 2 is 1.81 bits per heavy atom. The van der Waals surface area contributed by atoms with E-state index in [1.165, 1.54) is 28.4 Å². The van der Waals surface area contributed by atoms with Crippen molar-refractivity contribution in [2.75, 3.05) is 37.8 Å². The van der Waals surface area contributed by atoms with Crippen molar-refractivity contribution in [2.24, 2.45) is 0 Å². The number of non-ortho nitro benzene ring substituents is 1. The lowest BCUT2D eigenvalue weighted by Crippen LogP contribution is -2.37. The van der Waals surface area contributed by atoms with Gasteiger partial charge < -0.3 is 4.90 Å². The first-order valence-corrected chi connectivity index (χ1v) is 12.3. The number of rotatable bonds is 9. The molecule has 2 aromatic carbocycles. The first kappa shape index (κ1) is 23.8. The molecular weight excluding hydrogens is 452 g/mol. The van der Waals surface area contributed by atoms with E-state index in [-0.39, 0.29) is 28.7 Å². The number of benzene rings is 2. The summed E-state index contributed by atoms with van der Waals surface area (Å²) in [6.07, 6.45) is -0.195. The van der Waals surface area contributed by atoms with Gasteiger partial charge in [-0.1, -0.05) is 29.0 Å². The van der Waals surface area contributed by atoms with E-state index in [0.717, 1.165) is 5.56 Å². The molecule has 0 aliphatic heterocycles. The number of aryl methyl sites for hydroxylation is 1. The third-order valence-corrected chi connectivity index (χ3v) is 7.61. The summed E-state index contributed by atoms with van der Waals surface area (Å²) in [6.45, 7) is 2.74. The zero-order valence-corrected chi connectivity index (χ0v) is 19.6. The van der Waals surface area contributed by atoms with Gasteiger partial charge in [-0.05, 0) is 39.2 Å². The fourth-order valence-electron chi connectivity index (χ4n) is 2.98. The minimum Gasteiger partial charge on any atom is -0.308 e. The molecule has 0 radical (unpaired) electrons. The van der Waals surface area contributed by atoms with E-state index >= 15 is 0 Å². The van der Waals surface area contributed by atoms with E-state index in [2.05, 4.69) is 4.98 Å². The molecule has 0 saturated heterocycles. The van der Waals surface area contributed by atoms with Crippen LogP contribution in [0.2, 0.25) is 0 Å². The molecule has 0 saturated carbocycles. The van der Waals surface area contributed by atoms with Crippen molar-refractivity contribution in [1.82, 2.24) is 9.88 Å². The van der Waals surface area contributed by atoms with Crippen LogP contribution in [0.4, 0.5) is 10.8 Å². The Morgan fingerprint density at radius 1 is 1.12 bits per heavy atom. The van der Waals surface area contributed by atoms with Gasteiger partial charge in [0.2, 0.25) is 5.91 Å². The molecule has 0 fully saturated rings. The van der Waals surface area contributed by atoms with Gasteiger partial charge in [-0.3, -0.25) is 19.8 Å². The first-order chi connectivity index (χ1) is 15.1. The van der Waals surface area contributed by atoms with Gasteiger partial charge in [0.05, 0.1) is 25.8 Å². The zero-order valence-electron chi connectivity index (χ0n) is 18.0. The molecule has 3 aromatic rings. The fraction of sp³-hybridized carbons (Fsp3) is 0.333. The Hall–Kier alpha value is -2.89. The van der Waals surface area contributed by atoms with Crippen LogP contribution in [-0.4, -0.2) is 62.1 Å². The second-order valence-corrected chi connectivity index (χ2v) is 10.8. The van der Waals surface area contributed by atoms with E-state index in [1.54, 1.807) is 30.3 Å². The van der Waals surface area contributed by atoms with Crippen molar-refractivity contribution < 1.29 is 18.1 Å². The van der Waals surface area contributed by atoms with E-state index in [4.69, 9.17) is 0 Å². The molecule has 0 bridgehead atoms. The number of amides is 1. The van der Waals surface area contributed by atoms with Crippen molar-refractivity contribution >= 4 is 48.1 Å². The van der Waals surface area contributed by atoms with Gasteiger partial charge in [0.1, 0.15) is 0 Å².